The SMILES string of the molecule is CCC[C@@](C)(CN1CCCCCCc2ccccc2-c2nc(ccc2-c2cccc(OCC(F)(F)F)n2)NS(=O)(=O)c2cccc1n2)C(=O)O. The Morgan fingerprint density at radius 2 is 1.68 bits per heavy atom. The number of halogens is 3. The molecule has 4 heterocycles. The van der Waals surface area contributed by atoms with E-state index in [2.05, 4.69) is 14.7 Å². The number of anilines is 2. The van der Waals surface area contributed by atoms with Crippen LogP contribution in [0.1, 0.15) is 57.9 Å². The second kappa shape index (κ2) is 15.4. The largest absolute Gasteiger partial charge is 0.481 e. The zero-order valence-corrected chi connectivity index (χ0v) is 28.7. The summed E-state index contributed by atoms with van der Waals surface area (Å²) in [6.45, 7) is 2.80. The Morgan fingerprint density at radius 1 is 0.920 bits per heavy atom. The maximum absolute atomic E-state index is 13.8. The van der Waals surface area contributed by atoms with Crippen LogP contribution in [0.15, 0.2) is 77.8 Å². The van der Waals surface area contributed by atoms with Crippen LogP contribution >= 0.6 is 0 Å². The topological polar surface area (TPSA) is 135 Å². The molecule has 0 saturated heterocycles. The zero-order valence-electron chi connectivity index (χ0n) is 27.9. The predicted molar refractivity (Wildman–Crippen MR) is 185 cm³/mol. The van der Waals surface area contributed by atoms with Gasteiger partial charge in [0.15, 0.2) is 11.6 Å². The van der Waals surface area contributed by atoms with Crippen molar-refractivity contribution in [2.24, 2.45) is 5.41 Å². The molecule has 0 amide bonds. The standard InChI is InChI=1S/C36H40F3N5O5S/c1-3-21-35(2,34(45)46)23-44-22-9-5-4-6-12-25-13-7-8-14-26(25)33-27(28-15-10-17-31(40-28)49-24-36(37,38)39)19-20-29(41-33)43-50(47,48)32-18-11-16-30(44)42-32/h7-8,10-11,13-20H,3-6,9,12,21-24H2,1-2H3,(H,41,43)(H,45,46)/t35-/m0/s1. The van der Waals surface area contributed by atoms with Crippen molar-refractivity contribution in [2.45, 2.75) is 70.0 Å². The first-order valence-corrected chi connectivity index (χ1v) is 18.0. The molecule has 0 saturated carbocycles. The van der Waals surface area contributed by atoms with Gasteiger partial charge in [-0.3, -0.25) is 9.52 Å². The molecule has 4 bridgehead atoms. The number of hydrogen-bond acceptors (Lipinski definition) is 8. The molecular weight excluding hydrogens is 671 g/mol. The maximum atomic E-state index is 13.8. The van der Waals surface area contributed by atoms with Crippen LogP contribution in [-0.2, 0) is 21.2 Å². The smallest absolute Gasteiger partial charge is 0.422 e. The number of carboxylic acids is 1. The molecule has 50 heavy (non-hydrogen) atoms. The number of nitrogens with zero attached hydrogens (tertiary/aromatic N) is 4. The number of aryl methyl sites for hydroxylation is 1. The van der Waals surface area contributed by atoms with Crippen molar-refractivity contribution in [3.8, 4) is 28.4 Å². The molecule has 1 aliphatic heterocycles. The van der Waals surface area contributed by atoms with Gasteiger partial charge in [-0.25, -0.2) is 15.0 Å². The van der Waals surface area contributed by atoms with Gasteiger partial charge in [0.25, 0.3) is 10.0 Å². The van der Waals surface area contributed by atoms with E-state index >= 15 is 0 Å². The molecule has 3 aromatic heterocycles. The number of carbonyl (C=O) groups is 1. The normalized spacial score (nSPS) is 16.3. The van der Waals surface area contributed by atoms with E-state index in [4.69, 9.17) is 9.72 Å². The van der Waals surface area contributed by atoms with E-state index in [1.807, 2.05) is 36.1 Å². The van der Waals surface area contributed by atoms with Gasteiger partial charge >= 0.3 is 12.1 Å². The Labute approximate surface area is 289 Å². The lowest BCUT2D eigenvalue weighted by atomic mass is 9.85. The first-order chi connectivity index (χ1) is 23.8. The number of hydrogen-bond donors (Lipinski definition) is 2. The number of rotatable bonds is 8. The molecule has 5 rings (SSSR count). The number of aromatic nitrogens is 3. The van der Waals surface area contributed by atoms with Crippen LogP contribution in [-0.4, -0.2) is 60.3 Å². The van der Waals surface area contributed by atoms with Gasteiger partial charge in [-0.05, 0) is 68.5 Å². The summed E-state index contributed by atoms with van der Waals surface area (Å²) in [5.74, 6) is -0.783. The van der Waals surface area contributed by atoms with Crippen LogP contribution < -0.4 is 14.4 Å². The maximum Gasteiger partial charge on any atom is 0.422 e. The molecule has 1 aliphatic rings. The Balaban J connectivity index is 1.58. The second-order valence-corrected chi connectivity index (χ2v) is 14.3. The van der Waals surface area contributed by atoms with E-state index in [1.54, 1.807) is 31.2 Å². The van der Waals surface area contributed by atoms with Gasteiger partial charge in [-0.15, -0.1) is 0 Å². The average Bonchev–Trinajstić information content (AvgIpc) is 3.08. The molecule has 0 radical (unpaired) electrons. The van der Waals surface area contributed by atoms with Gasteiger partial charge in [0.05, 0.1) is 16.8 Å². The fourth-order valence-electron chi connectivity index (χ4n) is 6.09. The molecule has 0 aliphatic carbocycles. The quantitative estimate of drug-likeness (QED) is 0.188. The number of ether oxygens (including phenoxy) is 1. The molecule has 10 nitrogen and oxygen atoms in total. The fraction of sp³-hybridized carbons (Fsp3) is 0.389. The third-order valence-corrected chi connectivity index (χ3v) is 9.84. The molecule has 14 heteroatoms. The van der Waals surface area contributed by atoms with Crippen molar-refractivity contribution in [1.29, 1.82) is 0 Å². The van der Waals surface area contributed by atoms with E-state index < -0.39 is 34.2 Å². The number of pyridine rings is 3. The minimum absolute atomic E-state index is 0.00203. The summed E-state index contributed by atoms with van der Waals surface area (Å²) in [4.78, 5) is 27.8. The summed E-state index contributed by atoms with van der Waals surface area (Å²) in [5.41, 5.74) is 1.79. The van der Waals surface area contributed by atoms with Crippen LogP contribution in [0.25, 0.3) is 22.5 Å². The molecule has 1 aromatic carbocycles. The van der Waals surface area contributed by atoms with Crippen LogP contribution in [0.2, 0.25) is 0 Å². The van der Waals surface area contributed by atoms with Crippen LogP contribution in [0.3, 0.4) is 0 Å². The molecular formula is C36H40F3N5O5S. The summed E-state index contributed by atoms with van der Waals surface area (Å²) in [7, 11) is -4.28. The number of alkyl halides is 3. The van der Waals surface area contributed by atoms with Gasteiger partial charge in [0, 0.05) is 30.3 Å². The molecule has 266 valence electrons. The third kappa shape index (κ3) is 9.09. The van der Waals surface area contributed by atoms with Crippen LogP contribution in [0, 0.1) is 5.41 Å². The van der Waals surface area contributed by atoms with Gasteiger partial charge in [-0.2, -0.15) is 21.6 Å². The van der Waals surface area contributed by atoms with E-state index in [9.17, 15) is 31.5 Å². The summed E-state index contributed by atoms with van der Waals surface area (Å²) in [6, 6.07) is 19.8. The summed E-state index contributed by atoms with van der Waals surface area (Å²) in [6.07, 6.45) is 0.588. The lowest BCUT2D eigenvalue weighted by molar-refractivity contribution is -0.154. The number of nitrogens with one attached hydrogen (secondary N) is 1. The molecule has 4 aromatic rings. The monoisotopic (exact) mass is 711 g/mol. The van der Waals surface area contributed by atoms with Gasteiger partial charge in [0.1, 0.15) is 11.6 Å². The van der Waals surface area contributed by atoms with Crippen molar-refractivity contribution in [1.82, 2.24) is 15.0 Å². The third-order valence-electron chi connectivity index (χ3n) is 8.58. The average molecular weight is 712 g/mol. The number of benzene rings is 1. The van der Waals surface area contributed by atoms with E-state index in [0.717, 1.165) is 36.8 Å². The first-order valence-electron chi connectivity index (χ1n) is 16.5. The number of aliphatic carboxylic acids is 1. The van der Waals surface area contributed by atoms with E-state index in [-0.39, 0.29) is 23.3 Å². The Bertz CT molecular complexity index is 1920. The highest BCUT2D eigenvalue weighted by Gasteiger charge is 2.35. The van der Waals surface area contributed by atoms with Gasteiger partial charge in [0.2, 0.25) is 5.88 Å². The van der Waals surface area contributed by atoms with Crippen molar-refractivity contribution in [3.63, 3.8) is 0 Å². The minimum atomic E-state index is -4.54. The highest BCUT2D eigenvalue weighted by Crippen LogP contribution is 2.35. The second-order valence-electron chi connectivity index (χ2n) is 12.7. The van der Waals surface area contributed by atoms with Crippen molar-refractivity contribution < 1.29 is 36.2 Å². The van der Waals surface area contributed by atoms with Crippen molar-refractivity contribution in [3.05, 3.63) is 78.4 Å². The zero-order chi connectivity index (χ0) is 35.9. The fourth-order valence-corrected chi connectivity index (χ4v) is 7.06. The Morgan fingerprint density at radius 3 is 2.44 bits per heavy atom. The van der Waals surface area contributed by atoms with E-state index in [0.29, 0.717) is 48.6 Å². The van der Waals surface area contributed by atoms with Gasteiger partial charge in [-0.1, -0.05) is 62.6 Å². The van der Waals surface area contributed by atoms with Crippen molar-refractivity contribution in [2.75, 3.05) is 29.3 Å². The molecule has 2 N–H and O–H groups in total. The lowest BCUT2D eigenvalue weighted by Gasteiger charge is -2.33. The molecule has 0 spiro atoms. The summed E-state index contributed by atoms with van der Waals surface area (Å²) in [5, 5.41) is 9.85. The number of fused-ring (bicyclic) bond motifs is 6. The number of carboxylic acid groups (broad SMARTS) is 1. The van der Waals surface area contributed by atoms with E-state index in [1.165, 1.54) is 24.3 Å². The van der Waals surface area contributed by atoms with Crippen molar-refractivity contribution >= 4 is 27.6 Å². The number of sulfonamides is 1. The summed E-state index contributed by atoms with van der Waals surface area (Å²) >= 11 is 0. The predicted octanol–water partition coefficient (Wildman–Crippen LogP) is 7.76. The molecule has 0 fully saturated rings. The first kappa shape index (κ1) is 36.6. The van der Waals surface area contributed by atoms with Gasteiger partial charge < -0.3 is 14.7 Å². The van der Waals surface area contributed by atoms with Crippen LogP contribution in [0.5, 0.6) is 5.88 Å². The molecule has 1 atom stereocenters. The highest BCUT2D eigenvalue weighted by molar-refractivity contribution is 7.92. The minimum Gasteiger partial charge on any atom is -0.481 e. The molecule has 0 unspecified atom stereocenters. The van der Waals surface area contributed by atoms with Crippen LogP contribution in [0.4, 0.5) is 24.8 Å². The summed E-state index contributed by atoms with van der Waals surface area (Å²) < 4.78 is 73.6. The Hall–Kier alpha value is -4.72. The Kier molecular flexibility index (Phi) is 11.3. The highest BCUT2D eigenvalue weighted by atomic mass is 32.2. The lowest BCUT2D eigenvalue weighted by Crippen LogP contribution is -2.42.